The third-order valence-corrected chi connectivity index (χ3v) is 5.90. The number of benzene rings is 2. The van der Waals surface area contributed by atoms with Crippen molar-refractivity contribution in [2.24, 2.45) is 9.98 Å². The molecule has 2 aromatic carbocycles. The van der Waals surface area contributed by atoms with Gasteiger partial charge in [-0.1, -0.05) is 12.1 Å². The average Bonchev–Trinajstić information content (AvgIpc) is 2.94. The minimum absolute atomic E-state index is 0.00707. The second-order valence-electron chi connectivity index (χ2n) is 9.74. The van der Waals surface area contributed by atoms with Gasteiger partial charge in [-0.25, -0.2) is 24.0 Å². The second kappa shape index (κ2) is 17.1. The van der Waals surface area contributed by atoms with Crippen LogP contribution in [0.5, 0.6) is 0 Å². The third-order valence-electron chi connectivity index (χ3n) is 5.90. The topological polar surface area (TPSA) is 171 Å². The molecule has 2 amide bonds. The summed E-state index contributed by atoms with van der Waals surface area (Å²) in [7, 11) is 0. The molecule has 0 spiro atoms. The summed E-state index contributed by atoms with van der Waals surface area (Å²) in [6.07, 6.45) is 3.57. The Morgan fingerprint density at radius 3 is 2.26 bits per heavy atom. The third kappa shape index (κ3) is 12.1. The molecule has 0 fully saturated rings. The Hall–Kier alpha value is -4.83. The van der Waals surface area contributed by atoms with Crippen molar-refractivity contribution in [2.75, 3.05) is 23.8 Å². The van der Waals surface area contributed by atoms with Crippen LogP contribution >= 0.6 is 0 Å². The smallest absolute Gasteiger partial charge is 0.411 e. The molecule has 0 heterocycles. The minimum atomic E-state index is -0.914. The molecule has 0 aliphatic rings. The van der Waals surface area contributed by atoms with Crippen LogP contribution in [0, 0.1) is 13.8 Å². The molecule has 42 heavy (non-hydrogen) atoms. The van der Waals surface area contributed by atoms with Gasteiger partial charge in [0, 0.05) is 24.2 Å². The lowest BCUT2D eigenvalue weighted by Crippen LogP contribution is -2.29. The molecule has 2 rings (SSSR count). The summed E-state index contributed by atoms with van der Waals surface area (Å²) in [5.74, 6) is -0.554. The normalized spacial score (nSPS) is 10.5. The molecule has 0 aromatic heterocycles. The molecule has 13 heteroatoms. The summed E-state index contributed by atoms with van der Waals surface area (Å²) in [6, 6.07) is 9.77. The number of rotatable bonds is 15. The first-order chi connectivity index (χ1) is 20.0. The van der Waals surface area contributed by atoms with E-state index in [9.17, 15) is 24.0 Å². The standard InChI is InChI=1S/C29H34N4O9/c1-20-12-13-22(30-18-34)17-25(20)33-28(38)40-16-14-29(3,4)42-41-26(36)11-6-5-7-15-39-27(37)32-24-10-8-9-23(21(24)2)31-19-35/h8-10,12-13,17H,5-7,11,14-16H2,1-4H3,(H,32,37)(H,33,38). The largest absolute Gasteiger partial charge is 0.449 e. The SMILES string of the molecule is Cc1ccc(N=C=O)cc1NC(=O)OCCC(C)(C)OOC(=O)CCCCCOC(=O)Nc1cccc(N=C=O)c1C. The van der Waals surface area contributed by atoms with Crippen molar-refractivity contribution in [3.63, 3.8) is 0 Å². The van der Waals surface area contributed by atoms with Gasteiger partial charge in [0.1, 0.15) is 5.60 Å². The average molecular weight is 583 g/mol. The number of carbonyl (C=O) groups is 3. The Balaban J connectivity index is 1.59. The van der Waals surface area contributed by atoms with Gasteiger partial charge in [0.25, 0.3) is 0 Å². The van der Waals surface area contributed by atoms with Gasteiger partial charge >= 0.3 is 18.2 Å². The van der Waals surface area contributed by atoms with Crippen LogP contribution < -0.4 is 10.6 Å². The van der Waals surface area contributed by atoms with Crippen LogP contribution in [-0.4, -0.2) is 49.1 Å². The molecule has 13 nitrogen and oxygen atoms in total. The van der Waals surface area contributed by atoms with Crippen LogP contribution in [0.3, 0.4) is 0 Å². The van der Waals surface area contributed by atoms with E-state index in [0.29, 0.717) is 47.6 Å². The minimum Gasteiger partial charge on any atom is -0.449 e. The molecule has 0 radical (unpaired) electrons. The van der Waals surface area contributed by atoms with Crippen molar-refractivity contribution < 1.29 is 43.2 Å². The van der Waals surface area contributed by atoms with E-state index in [1.165, 1.54) is 18.2 Å². The van der Waals surface area contributed by atoms with E-state index in [1.807, 2.05) is 0 Å². The summed E-state index contributed by atoms with van der Waals surface area (Å²) in [5.41, 5.74) is 2.12. The Kier molecular flexibility index (Phi) is 13.6. The molecule has 224 valence electrons. The van der Waals surface area contributed by atoms with Crippen LogP contribution in [0.25, 0.3) is 0 Å². The zero-order valence-corrected chi connectivity index (χ0v) is 24.0. The number of hydrogen-bond acceptors (Lipinski definition) is 11. The van der Waals surface area contributed by atoms with Gasteiger partial charge in [0.15, 0.2) is 0 Å². The van der Waals surface area contributed by atoms with Crippen molar-refractivity contribution in [1.29, 1.82) is 0 Å². The monoisotopic (exact) mass is 582 g/mol. The predicted molar refractivity (Wildman–Crippen MR) is 152 cm³/mol. The summed E-state index contributed by atoms with van der Waals surface area (Å²) < 4.78 is 10.3. The molecule has 0 aliphatic heterocycles. The van der Waals surface area contributed by atoms with Crippen molar-refractivity contribution in [1.82, 2.24) is 0 Å². The maximum atomic E-state index is 12.1. The molecule has 0 bridgehead atoms. The Bertz CT molecular complexity index is 1350. The number of ether oxygens (including phenoxy) is 2. The number of aliphatic imine (C=N–C) groups is 2. The van der Waals surface area contributed by atoms with Crippen LogP contribution in [0.1, 0.15) is 57.1 Å². The van der Waals surface area contributed by atoms with E-state index >= 15 is 0 Å². The molecule has 0 aliphatic carbocycles. The summed E-state index contributed by atoms with van der Waals surface area (Å²) in [5, 5.41) is 5.19. The number of isocyanates is 2. The first kappa shape index (κ1) is 33.4. The second-order valence-corrected chi connectivity index (χ2v) is 9.74. The number of hydrogen-bond donors (Lipinski definition) is 2. The number of nitrogens with one attached hydrogen (secondary N) is 2. The summed E-state index contributed by atoms with van der Waals surface area (Å²) >= 11 is 0. The van der Waals surface area contributed by atoms with Crippen molar-refractivity contribution in [3.05, 3.63) is 47.5 Å². The lowest BCUT2D eigenvalue weighted by atomic mass is 10.1. The fourth-order valence-electron chi connectivity index (χ4n) is 3.43. The Morgan fingerprint density at radius 2 is 1.55 bits per heavy atom. The van der Waals surface area contributed by atoms with E-state index in [2.05, 4.69) is 20.6 Å². The lowest BCUT2D eigenvalue weighted by molar-refractivity contribution is -0.327. The number of unbranched alkanes of at least 4 members (excludes halogenated alkanes) is 2. The highest BCUT2D eigenvalue weighted by atomic mass is 17.2. The highest BCUT2D eigenvalue weighted by Gasteiger charge is 2.23. The highest BCUT2D eigenvalue weighted by molar-refractivity contribution is 5.87. The van der Waals surface area contributed by atoms with E-state index in [1.54, 1.807) is 58.0 Å². The van der Waals surface area contributed by atoms with E-state index in [-0.39, 0.29) is 26.1 Å². The molecule has 0 unspecified atom stereocenters. The van der Waals surface area contributed by atoms with Gasteiger partial charge in [-0.3, -0.25) is 15.5 Å². The van der Waals surface area contributed by atoms with Gasteiger partial charge in [-0.2, -0.15) is 14.9 Å². The van der Waals surface area contributed by atoms with Crippen molar-refractivity contribution >= 4 is 53.1 Å². The summed E-state index contributed by atoms with van der Waals surface area (Å²) in [6.45, 7) is 7.00. The number of amides is 2. The number of carbonyl (C=O) groups excluding carboxylic acids is 5. The van der Waals surface area contributed by atoms with Gasteiger partial charge in [-0.15, -0.1) is 0 Å². The first-order valence-corrected chi connectivity index (χ1v) is 13.2. The zero-order chi connectivity index (χ0) is 31.0. The van der Waals surface area contributed by atoms with Crippen LogP contribution in [-0.2, 0) is 33.6 Å². The van der Waals surface area contributed by atoms with Crippen molar-refractivity contribution in [3.8, 4) is 0 Å². The fraction of sp³-hybridized carbons (Fsp3) is 0.414. The van der Waals surface area contributed by atoms with E-state index < -0.39 is 23.8 Å². The Morgan fingerprint density at radius 1 is 0.857 bits per heavy atom. The molecular weight excluding hydrogens is 548 g/mol. The lowest BCUT2D eigenvalue weighted by Gasteiger charge is -2.22. The van der Waals surface area contributed by atoms with E-state index in [0.717, 1.165) is 5.56 Å². The molecule has 0 saturated carbocycles. The molecule has 0 saturated heterocycles. The molecule has 0 atom stereocenters. The Labute approximate surface area is 243 Å². The van der Waals surface area contributed by atoms with Gasteiger partial charge in [0.2, 0.25) is 12.2 Å². The van der Waals surface area contributed by atoms with Crippen LogP contribution in [0.15, 0.2) is 46.4 Å². The van der Waals surface area contributed by atoms with E-state index in [4.69, 9.17) is 19.2 Å². The molecule has 2 N–H and O–H groups in total. The first-order valence-electron chi connectivity index (χ1n) is 13.2. The van der Waals surface area contributed by atoms with Crippen molar-refractivity contribution in [2.45, 2.75) is 65.4 Å². The number of anilines is 2. The predicted octanol–water partition coefficient (Wildman–Crippen LogP) is 6.24. The molecular formula is C29H34N4O9. The number of nitrogens with zero attached hydrogens (tertiary/aromatic N) is 2. The maximum Gasteiger partial charge on any atom is 0.411 e. The molecule has 2 aromatic rings. The fourth-order valence-corrected chi connectivity index (χ4v) is 3.43. The van der Waals surface area contributed by atoms with Gasteiger partial charge in [0.05, 0.1) is 24.6 Å². The summed E-state index contributed by atoms with van der Waals surface area (Å²) in [4.78, 5) is 74.3. The maximum absolute atomic E-state index is 12.1. The number of aryl methyl sites for hydroxylation is 1. The van der Waals surface area contributed by atoms with Crippen LogP contribution in [0.2, 0.25) is 0 Å². The van der Waals surface area contributed by atoms with Crippen LogP contribution in [0.4, 0.5) is 32.3 Å². The quantitative estimate of drug-likeness (QED) is 0.0810. The zero-order valence-electron chi connectivity index (χ0n) is 24.0. The van der Waals surface area contributed by atoms with Gasteiger partial charge in [-0.05, 0) is 82.3 Å². The highest BCUT2D eigenvalue weighted by Crippen LogP contribution is 2.25. The van der Waals surface area contributed by atoms with Gasteiger partial charge < -0.3 is 9.47 Å².